The molecule has 2 amide bonds. The third kappa shape index (κ3) is 4.04. The Kier molecular flexibility index (Phi) is 5.26. The van der Waals surface area contributed by atoms with Crippen molar-refractivity contribution >= 4 is 23.2 Å². The SMILES string of the molecule is CC(=O)N1CCc2cc(N[C@@H](C)C(=O)NCc3ccc(C)cc3)ccc21. The largest absolute Gasteiger partial charge is 0.374 e. The lowest BCUT2D eigenvalue weighted by Crippen LogP contribution is -2.37. The van der Waals surface area contributed by atoms with Crippen molar-refractivity contribution in [2.24, 2.45) is 0 Å². The van der Waals surface area contributed by atoms with Crippen LogP contribution in [0.1, 0.15) is 30.5 Å². The van der Waals surface area contributed by atoms with Crippen LogP contribution in [0.4, 0.5) is 11.4 Å². The molecule has 0 radical (unpaired) electrons. The number of benzene rings is 2. The van der Waals surface area contributed by atoms with E-state index in [1.54, 1.807) is 11.8 Å². The van der Waals surface area contributed by atoms with Crippen molar-refractivity contribution in [3.05, 3.63) is 59.2 Å². The highest BCUT2D eigenvalue weighted by Gasteiger charge is 2.22. The molecule has 136 valence electrons. The van der Waals surface area contributed by atoms with Gasteiger partial charge in [-0.05, 0) is 49.6 Å². The van der Waals surface area contributed by atoms with Gasteiger partial charge in [0.15, 0.2) is 0 Å². The summed E-state index contributed by atoms with van der Waals surface area (Å²) < 4.78 is 0. The lowest BCUT2D eigenvalue weighted by atomic mass is 10.1. The number of carbonyl (C=O) groups is 2. The van der Waals surface area contributed by atoms with Gasteiger partial charge >= 0.3 is 0 Å². The monoisotopic (exact) mass is 351 g/mol. The Morgan fingerprint density at radius 3 is 2.58 bits per heavy atom. The fourth-order valence-electron chi connectivity index (χ4n) is 3.18. The minimum absolute atomic E-state index is 0.0450. The van der Waals surface area contributed by atoms with E-state index in [1.165, 1.54) is 5.56 Å². The molecule has 2 N–H and O–H groups in total. The molecule has 0 saturated carbocycles. The van der Waals surface area contributed by atoms with Crippen LogP contribution in [0.15, 0.2) is 42.5 Å². The van der Waals surface area contributed by atoms with Gasteiger partial charge in [-0.25, -0.2) is 0 Å². The highest BCUT2D eigenvalue weighted by molar-refractivity contribution is 5.94. The van der Waals surface area contributed by atoms with Crippen LogP contribution in [0, 0.1) is 6.92 Å². The second-order valence-electron chi connectivity index (χ2n) is 6.83. The molecular weight excluding hydrogens is 326 g/mol. The summed E-state index contributed by atoms with van der Waals surface area (Å²) in [5.41, 5.74) is 5.29. The Labute approximate surface area is 154 Å². The van der Waals surface area contributed by atoms with Crippen molar-refractivity contribution in [1.82, 2.24) is 5.32 Å². The smallest absolute Gasteiger partial charge is 0.242 e. The molecule has 26 heavy (non-hydrogen) atoms. The Morgan fingerprint density at radius 2 is 1.88 bits per heavy atom. The second kappa shape index (κ2) is 7.60. The zero-order valence-electron chi connectivity index (χ0n) is 15.5. The molecule has 0 unspecified atom stereocenters. The first-order valence-electron chi connectivity index (χ1n) is 8.95. The number of nitrogens with one attached hydrogen (secondary N) is 2. The van der Waals surface area contributed by atoms with Crippen LogP contribution in [0.25, 0.3) is 0 Å². The van der Waals surface area contributed by atoms with Gasteiger partial charge in [-0.1, -0.05) is 29.8 Å². The minimum Gasteiger partial charge on any atom is -0.374 e. The fraction of sp³-hybridized carbons (Fsp3) is 0.333. The summed E-state index contributed by atoms with van der Waals surface area (Å²) >= 11 is 0. The summed E-state index contributed by atoms with van der Waals surface area (Å²) in [7, 11) is 0. The number of anilines is 2. The molecule has 3 rings (SSSR count). The predicted octanol–water partition coefficient (Wildman–Crippen LogP) is 3.02. The second-order valence-corrected chi connectivity index (χ2v) is 6.83. The van der Waals surface area contributed by atoms with E-state index < -0.39 is 0 Å². The van der Waals surface area contributed by atoms with E-state index in [2.05, 4.69) is 10.6 Å². The van der Waals surface area contributed by atoms with Crippen molar-refractivity contribution in [2.45, 2.75) is 39.8 Å². The van der Waals surface area contributed by atoms with E-state index in [-0.39, 0.29) is 17.9 Å². The topological polar surface area (TPSA) is 61.4 Å². The van der Waals surface area contributed by atoms with Crippen molar-refractivity contribution in [3.63, 3.8) is 0 Å². The average molecular weight is 351 g/mol. The maximum atomic E-state index is 12.3. The number of nitrogens with zero attached hydrogens (tertiary/aromatic N) is 1. The highest BCUT2D eigenvalue weighted by atomic mass is 16.2. The van der Waals surface area contributed by atoms with Gasteiger partial charge in [0.1, 0.15) is 6.04 Å². The normalized spacial score (nSPS) is 13.9. The Hall–Kier alpha value is -2.82. The number of carbonyl (C=O) groups excluding carboxylic acids is 2. The first kappa shape index (κ1) is 18.0. The fourth-order valence-corrected chi connectivity index (χ4v) is 3.18. The molecule has 2 aromatic carbocycles. The molecule has 1 heterocycles. The van der Waals surface area contributed by atoms with Crippen molar-refractivity contribution in [1.29, 1.82) is 0 Å². The van der Waals surface area contributed by atoms with E-state index in [0.717, 1.165) is 35.5 Å². The summed E-state index contributed by atoms with van der Waals surface area (Å²) in [6.45, 7) is 6.71. The van der Waals surface area contributed by atoms with E-state index in [9.17, 15) is 9.59 Å². The molecule has 1 atom stereocenters. The maximum absolute atomic E-state index is 12.3. The lowest BCUT2D eigenvalue weighted by molar-refractivity contribution is -0.121. The van der Waals surface area contributed by atoms with Crippen LogP contribution < -0.4 is 15.5 Å². The molecule has 0 saturated heterocycles. The third-order valence-corrected chi connectivity index (χ3v) is 4.72. The lowest BCUT2D eigenvalue weighted by Gasteiger charge is -2.18. The van der Waals surface area contributed by atoms with Gasteiger partial charge in [-0.15, -0.1) is 0 Å². The molecule has 2 aromatic rings. The quantitative estimate of drug-likeness (QED) is 0.870. The van der Waals surface area contributed by atoms with Crippen LogP contribution in [0.2, 0.25) is 0 Å². The van der Waals surface area contributed by atoms with Crippen molar-refractivity contribution < 1.29 is 9.59 Å². The average Bonchev–Trinajstić information content (AvgIpc) is 3.04. The Bertz CT molecular complexity index is 815. The number of hydrogen-bond acceptors (Lipinski definition) is 3. The van der Waals surface area contributed by atoms with Gasteiger partial charge < -0.3 is 15.5 Å². The molecule has 5 nitrogen and oxygen atoms in total. The number of fused-ring (bicyclic) bond motifs is 1. The third-order valence-electron chi connectivity index (χ3n) is 4.72. The Morgan fingerprint density at radius 1 is 1.15 bits per heavy atom. The zero-order chi connectivity index (χ0) is 18.7. The van der Waals surface area contributed by atoms with Gasteiger partial charge in [0.25, 0.3) is 0 Å². The number of hydrogen-bond donors (Lipinski definition) is 2. The summed E-state index contributed by atoms with van der Waals surface area (Å²) in [5.74, 6) is 0.0183. The number of rotatable bonds is 5. The Balaban J connectivity index is 1.57. The summed E-state index contributed by atoms with van der Waals surface area (Å²) in [6, 6.07) is 13.7. The van der Waals surface area contributed by atoms with Crippen LogP contribution in [-0.2, 0) is 22.6 Å². The minimum atomic E-state index is -0.344. The highest BCUT2D eigenvalue weighted by Crippen LogP contribution is 2.30. The predicted molar refractivity (Wildman–Crippen MR) is 104 cm³/mol. The first-order valence-corrected chi connectivity index (χ1v) is 8.95. The van der Waals surface area contributed by atoms with Crippen molar-refractivity contribution in [3.8, 4) is 0 Å². The number of aryl methyl sites for hydroxylation is 1. The zero-order valence-corrected chi connectivity index (χ0v) is 15.5. The van der Waals surface area contributed by atoms with E-state index in [0.29, 0.717) is 6.54 Å². The molecule has 5 heteroatoms. The maximum Gasteiger partial charge on any atom is 0.242 e. The first-order chi connectivity index (χ1) is 12.4. The standard InChI is InChI=1S/C21H25N3O2/c1-14-4-6-17(7-5-14)13-22-21(26)15(2)23-19-8-9-20-18(12-19)10-11-24(20)16(3)25/h4-9,12,15,23H,10-11,13H2,1-3H3,(H,22,26)/t15-/m0/s1. The van der Waals surface area contributed by atoms with Crippen LogP contribution in [0.3, 0.4) is 0 Å². The molecule has 0 aliphatic carbocycles. The summed E-state index contributed by atoms with van der Waals surface area (Å²) in [5, 5.41) is 6.20. The molecule has 0 fully saturated rings. The molecule has 1 aliphatic rings. The van der Waals surface area contributed by atoms with Crippen LogP contribution in [-0.4, -0.2) is 24.4 Å². The van der Waals surface area contributed by atoms with Crippen LogP contribution in [0.5, 0.6) is 0 Å². The van der Waals surface area contributed by atoms with Gasteiger partial charge in [-0.3, -0.25) is 9.59 Å². The van der Waals surface area contributed by atoms with Gasteiger partial charge in [0.2, 0.25) is 11.8 Å². The molecule has 0 spiro atoms. The van der Waals surface area contributed by atoms with Crippen molar-refractivity contribution in [2.75, 3.05) is 16.8 Å². The molecule has 1 aliphatic heterocycles. The van der Waals surface area contributed by atoms with Crippen LogP contribution >= 0.6 is 0 Å². The molecular formula is C21H25N3O2. The van der Waals surface area contributed by atoms with E-state index in [1.807, 2.05) is 56.3 Å². The number of amides is 2. The molecule has 0 bridgehead atoms. The van der Waals surface area contributed by atoms with E-state index in [4.69, 9.17) is 0 Å². The van der Waals surface area contributed by atoms with Gasteiger partial charge in [0.05, 0.1) is 0 Å². The summed E-state index contributed by atoms with van der Waals surface area (Å²) in [4.78, 5) is 25.8. The summed E-state index contributed by atoms with van der Waals surface area (Å²) in [6.07, 6.45) is 0.846. The van der Waals surface area contributed by atoms with Gasteiger partial charge in [-0.2, -0.15) is 0 Å². The van der Waals surface area contributed by atoms with E-state index >= 15 is 0 Å². The molecule has 0 aromatic heterocycles. The van der Waals surface area contributed by atoms with Gasteiger partial charge in [0, 0.05) is 31.4 Å².